The van der Waals surface area contributed by atoms with Crippen LogP contribution in [0.4, 0.5) is 5.00 Å². The molecule has 2 aliphatic heterocycles. The minimum absolute atomic E-state index is 0.0566. The Morgan fingerprint density at radius 1 is 1.39 bits per heavy atom. The number of anilines is 1. The van der Waals surface area contributed by atoms with E-state index in [2.05, 4.69) is 33.5 Å². The maximum absolute atomic E-state index is 12.7. The highest BCUT2D eigenvalue weighted by atomic mass is 79.9. The molecule has 0 saturated carbocycles. The largest absolute Gasteiger partial charge is 0.353 e. The Balaban J connectivity index is 1.68. The van der Waals surface area contributed by atoms with Crippen molar-refractivity contribution in [3.63, 3.8) is 0 Å². The zero-order valence-corrected chi connectivity index (χ0v) is 15.3. The third kappa shape index (κ3) is 2.69. The number of benzene rings is 1. The van der Waals surface area contributed by atoms with Gasteiger partial charge < -0.3 is 15.5 Å². The average Bonchev–Trinajstić information content (AvgIpc) is 2.92. The fourth-order valence-electron chi connectivity index (χ4n) is 3.40. The van der Waals surface area contributed by atoms with Crippen molar-refractivity contribution in [1.29, 1.82) is 0 Å². The van der Waals surface area contributed by atoms with Crippen LogP contribution in [0.5, 0.6) is 0 Å². The van der Waals surface area contributed by atoms with E-state index >= 15 is 0 Å². The van der Waals surface area contributed by atoms with E-state index in [1.165, 1.54) is 10.4 Å². The molecule has 1 aromatic carbocycles. The minimum Gasteiger partial charge on any atom is -0.353 e. The molecule has 0 saturated heterocycles. The first-order valence-electron chi connectivity index (χ1n) is 7.96. The number of carbonyl (C=O) groups is 1. The van der Waals surface area contributed by atoms with E-state index in [-0.39, 0.29) is 12.1 Å². The van der Waals surface area contributed by atoms with Gasteiger partial charge in [-0.1, -0.05) is 28.1 Å². The van der Waals surface area contributed by atoms with E-state index in [9.17, 15) is 4.79 Å². The molecule has 6 heteroatoms. The van der Waals surface area contributed by atoms with Crippen molar-refractivity contribution >= 4 is 38.2 Å². The molecule has 1 amide bonds. The molecule has 0 aliphatic carbocycles. The summed E-state index contributed by atoms with van der Waals surface area (Å²) >= 11 is 5.25. The number of carbonyl (C=O) groups excluding carboxylic acids is 1. The zero-order valence-electron chi connectivity index (χ0n) is 12.9. The first kappa shape index (κ1) is 15.2. The molecule has 4 nitrogen and oxygen atoms in total. The lowest BCUT2D eigenvalue weighted by molar-refractivity contribution is -0.913. The predicted octanol–water partition coefficient (Wildman–Crippen LogP) is 2.33. The van der Waals surface area contributed by atoms with Crippen molar-refractivity contribution in [1.82, 2.24) is 5.32 Å². The number of halogens is 1. The third-order valence-electron chi connectivity index (χ3n) is 4.69. The normalized spacial score (nSPS) is 22.8. The van der Waals surface area contributed by atoms with Gasteiger partial charge in [0, 0.05) is 10.9 Å². The van der Waals surface area contributed by atoms with Crippen LogP contribution in [0, 0.1) is 0 Å². The highest BCUT2D eigenvalue weighted by Gasteiger charge is 2.34. The van der Waals surface area contributed by atoms with Crippen molar-refractivity contribution in [2.75, 3.05) is 18.4 Å². The van der Waals surface area contributed by atoms with Gasteiger partial charge in [0.2, 0.25) is 0 Å². The van der Waals surface area contributed by atoms with Crippen molar-refractivity contribution < 1.29 is 9.69 Å². The van der Waals surface area contributed by atoms with Gasteiger partial charge in [-0.05, 0) is 30.2 Å². The van der Waals surface area contributed by atoms with Gasteiger partial charge in [-0.15, -0.1) is 11.3 Å². The summed E-state index contributed by atoms with van der Waals surface area (Å²) in [6.45, 7) is 5.53. The standard InChI is InChI=1S/C17H18BrN3OS/c1-2-21-7-6-12-13(9-21)23-17-14(12)16(22)19-15(20-17)10-4-3-5-11(18)8-10/h3-5,8,15,20H,2,6-7,9H2,1H3,(H,19,22)/p+1/t15-/m1/s1. The van der Waals surface area contributed by atoms with Crippen molar-refractivity contribution in [3.05, 3.63) is 50.3 Å². The summed E-state index contributed by atoms with van der Waals surface area (Å²) in [5.41, 5.74) is 3.21. The van der Waals surface area contributed by atoms with Crippen LogP contribution in [0.1, 0.15) is 39.5 Å². The smallest absolute Gasteiger partial charge is 0.256 e. The molecule has 3 N–H and O–H groups in total. The van der Waals surface area contributed by atoms with Gasteiger partial charge in [0.1, 0.15) is 17.7 Å². The fraction of sp³-hybridized carbons (Fsp3) is 0.353. The minimum atomic E-state index is -0.165. The topological polar surface area (TPSA) is 45.6 Å². The number of likely N-dealkylation sites (N-methyl/N-ethyl adjacent to an activating group) is 1. The monoisotopic (exact) mass is 392 g/mol. The molecule has 2 aliphatic rings. The number of rotatable bonds is 2. The van der Waals surface area contributed by atoms with E-state index in [1.54, 1.807) is 16.2 Å². The Hall–Kier alpha value is -1.37. The Morgan fingerprint density at radius 2 is 2.26 bits per heavy atom. The Morgan fingerprint density at radius 3 is 3.04 bits per heavy atom. The Kier molecular flexibility index (Phi) is 3.91. The summed E-state index contributed by atoms with van der Waals surface area (Å²) in [5.74, 6) is 0.0566. The molecule has 0 spiro atoms. The fourth-order valence-corrected chi connectivity index (χ4v) is 5.17. The number of nitrogens with one attached hydrogen (secondary N) is 3. The van der Waals surface area contributed by atoms with E-state index in [4.69, 9.17) is 0 Å². The highest BCUT2D eigenvalue weighted by Crippen LogP contribution is 2.39. The lowest BCUT2D eigenvalue weighted by Gasteiger charge is -2.27. The van der Waals surface area contributed by atoms with Gasteiger partial charge in [-0.25, -0.2) is 0 Å². The summed E-state index contributed by atoms with van der Waals surface area (Å²) in [5, 5.41) is 7.65. The third-order valence-corrected chi connectivity index (χ3v) is 6.35. The number of quaternary nitrogens is 1. The first-order valence-corrected chi connectivity index (χ1v) is 9.57. The number of hydrogen-bond acceptors (Lipinski definition) is 3. The molecule has 3 heterocycles. The van der Waals surface area contributed by atoms with Gasteiger partial charge in [-0.2, -0.15) is 0 Å². The van der Waals surface area contributed by atoms with Crippen LogP contribution in [0.15, 0.2) is 28.7 Å². The molecule has 2 aromatic rings. The van der Waals surface area contributed by atoms with Crippen molar-refractivity contribution in [3.8, 4) is 0 Å². The van der Waals surface area contributed by atoms with Gasteiger partial charge in [0.05, 0.1) is 23.5 Å². The van der Waals surface area contributed by atoms with Crippen LogP contribution in [0.2, 0.25) is 0 Å². The van der Waals surface area contributed by atoms with Crippen LogP contribution in [0.25, 0.3) is 0 Å². The summed E-state index contributed by atoms with van der Waals surface area (Å²) < 4.78 is 1.02. The Bertz CT molecular complexity index is 773. The van der Waals surface area contributed by atoms with E-state index < -0.39 is 0 Å². The lowest BCUT2D eigenvalue weighted by Crippen LogP contribution is -3.11. The second kappa shape index (κ2) is 5.92. The molecule has 1 aromatic heterocycles. The lowest BCUT2D eigenvalue weighted by atomic mass is 10.0. The van der Waals surface area contributed by atoms with E-state index in [0.29, 0.717) is 0 Å². The summed E-state index contributed by atoms with van der Waals surface area (Å²) in [6.07, 6.45) is 0.836. The summed E-state index contributed by atoms with van der Waals surface area (Å²) in [6, 6.07) is 8.06. The number of amides is 1. The van der Waals surface area contributed by atoms with Crippen molar-refractivity contribution in [2.24, 2.45) is 0 Å². The predicted molar refractivity (Wildman–Crippen MR) is 96.1 cm³/mol. The average molecular weight is 393 g/mol. The maximum atomic E-state index is 12.7. The number of hydrogen-bond donors (Lipinski definition) is 3. The zero-order chi connectivity index (χ0) is 16.0. The second-order valence-corrected chi connectivity index (χ2v) is 8.11. The highest BCUT2D eigenvalue weighted by molar-refractivity contribution is 9.10. The second-order valence-electron chi connectivity index (χ2n) is 6.09. The number of fused-ring (bicyclic) bond motifs is 3. The summed E-state index contributed by atoms with van der Waals surface area (Å²) in [4.78, 5) is 15.6. The van der Waals surface area contributed by atoms with Crippen LogP contribution >= 0.6 is 27.3 Å². The van der Waals surface area contributed by atoms with Crippen molar-refractivity contribution in [2.45, 2.75) is 26.1 Å². The molecule has 4 rings (SSSR count). The summed E-state index contributed by atoms with van der Waals surface area (Å²) in [7, 11) is 0. The van der Waals surface area contributed by atoms with Gasteiger partial charge in [0.25, 0.3) is 5.91 Å². The quantitative estimate of drug-likeness (QED) is 0.734. The molecule has 2 atom stereocenters. The van der Waals surface area contributed by atoms with Crippen LogP contribution < -0.4 is 15.5 Å². The van der Waals surface area contributed by atoms with Crippen LogP contribution in [-0.2, 0) is 13.0 Å². The molecule has 0 radical (unpaired) electrons. The SMILES string of the molecule is CC[NH+]1CCc2c(sc3c2C(=O)N[C@@H](c2cccc(Br)c2)N3)C1. The van der Waals surface area contributed by atoms with Crippen LogP contribution in [0.3, 0.4) is 0 Å². The Labute approximate surface area is 148 Å². The van der Waals surface area contributed by atoms with Gasteiger partial charge >= 0.3 is 0 Å². The van der Waals surface area contributed by atoms with E-state index in [0.717, 1.165) is 46.7 Å². The molecule has 120 valence electrons. The van der Waals surface area contributed by atoms with Gasteiger partial charge in [-0.3, -0.25) is 4.79 Å². The molecule has 0 bridgehead atoms. The first-order chi connectivity index (χ1) is 11.2. The van der Waals surface area contributed by atoms with E-state index in [1.807, 2.05) is 24.3 Å². The molecule has 23 heavy (non-hydrogen) atoms. The molecular formula is C17H19BrN3OS+. The molecular weight excluding hydrogens is 374 g/mol. The van der Waals surface area contributed by atoms with Crippen LogP contribution in [-0.4, -0.2) is 19.0 Å². The van der Waals surface area contributed by atoms with Gasteiger partial charge in [0.15, 0.2) is 0 Å². The number of thiophene rings is 1. The maximum Gasteiger partial charge on any atom is 0.256 e. The molecule has 0 fully saturated rings. The molecule has 1 unspecified atom stereocenters.